The topological polar surface area (TPSA) is 86.8 Å². The number of halogens is 1. The molecule has 0 unspecified atom stereocenters. The monoisotopic (exact) mass is 567 g/mol. The number of sulfonamides is 1. The van der Waals surface area contributed by atoms with Crippen molar-refractivity contribution in [3.8, 4) is 0 Å². The van der Waals surface area contributed by atoms with Crippen molar-refractivity contribution in [2.24, 2.45) is 0 Å². The van der Waals surface area contributed by atoms with E-state index < -0.39 is 34.3 Å². The lowest BCUT2D eigenvalue weighted by molar-refractivity contribution is -0.139. The Balaban J connectivity index is 2.04. The van der Waals surface area contributed by atoms with Crippen LogP contribution in [0.3, 0.4) is 0 Å². The third-order valence-electron chi connectivity index (χ3n) is 7.00. The molecule has 3 aromatic rings. The van der Waals surface area contributed by atoms with Crippen molar-refractivity contribution in [3.63, 3.8) is 0 Å². The number of carbonyl (C=O) groups is 2. The molecule has 0 fully saturated rings. The first-order valence-electron chi connectivity index (χ1n) is 13.4. The molecule has 0 aliphatic carbocycles. The number of hydrogen-bond donors (Lipinski definition) is 1. The van der Waals surface area contributed by atoms with E-state index in [1.54, 1.807) is 43.3 Å². The average molecular weight is 568 g/mol. The van der Waals surface area contributed by atoms with Crippen LogP contribution in [0, 0.1) is 26.6 Å². The van der Waals surface area contributed by atoms with Gasteiger partial charge in [0.1, 0.15) is 18.4 Å². The highest BCUT2D eigenvalue weighted by molar-refractivity contribution is 7.92. The average Bonchev–Trinajstić information content (AvgIpc) is 2.93. The number of anilines is 1. The maximum Gasteiger partial charge on any atom is 0.264 e. The Morgan fingerprint density at radius 2 is 1.60 bits per heavy atom. The van der Waals surface area contributed by atoms with Crippen molar-refractivity contribution in [3.05, 3.63) is 94.8 Å². The zero-order valence-electron chi connectivity index (χ0n) is 23.8. The summed E-state index contributed by atoms with van der Waals surface area (Å²) in [6, 6.07) is 16.5. The van der Waals surface area contributed by atoms with Crippen LogP contribution < -0.4 is 9.62 Å². The summed E-state index contributed by atoms with van der Waals surface area (Å²) in [5.41, 5.74) is 3.50. The largest absolute Gasteiger partial charge is 0.354 e. The second-order valence-corrected chi connectivity index (χ2v) is 11.9. The molecular formula is C31H38FN3O4S. The van der Waals surface area contributed by atoms with Gasteiger partial charge < -0.3 is 10.2 Å². The van der Waals surface area contributed by atoms with Gasteiger partial charge in [0.25, 0.3) is 10.0 Å². The molecule has 0 saturated heterocycles. The van der Waals surface area contributed by atoms with E-state index in [-0.39, 0.29) is 17.3 Å². The Morgan fingerprint density at radius 1 is 0.950 bits per heavy atom. The van der Waals surface area contributed by atoms with Crippen LogP contribution in [0.15, 0.2) is 71.6 Å². The molecule has 214 valence electrons. The van der Waals surface area contributed by atoms with Gasteiger partial charge in [-0.2, -0.15) is 0 Å². The first-order valence-corrected chi connectivity index (χ1v) is 14.9. The fourth-order valence-corrected chi connectivity index (χ4v) is 5.73. The third kappa shape index (κ3) is 7.47. The minimum Gasteiger partial charge on any atom is -0.354 e. The number of amides is 2. The summed E-state index contributed by atoms with van der Waals surface area (Å²) in [4.78, 5) is 28.4. The van der Waals surface area contributed by atoms with Gasteiger partial charge in [-0.15, -0.1) is 0 Å². The van der Waals surface area contributed by atoms with Crippen LogP contribution in [0.1, 0.15) is 48.9 Å². The second kappa shape index (κ2) is 13.6. The summed E-state index contributed by atoms with van der Waals surface area (Å²) in [5, 5.41) is 2.85. The summed E-state index contributed by atoms with van der Waals surface area (Å²) >= 11 is 0. The van der Waals surface area contributed by atoms with E-state index in [0.717, 1.165) is 33.8 Å². The lowest BCUT2D eigenvalue weighted by Crippen LogP contribution is -2.51. The Kier molecular flexibility index (Phi) is 10.5. The smallest absolute Gasteiger partial charge is 0.264 e. The van der Waals surface area contributed by atoms with Crippen LogP contribution in [0.2, 0.25) is 0 Å². The van der Waals surface area contributed by atoms with E-state index in [1.165, 1.54) is 29.2 Å². The molecular weight excluding hydrogens is 529 g/mol. The molecule has 0 aliphatic rings. The molecule has 7 nitrogen and oxygen atoms in total. The van der Waals surface area contributed by atoms with Crippen molar-refractivity contribution < 1.29 is 22.4 Å². The van der Waals surface area contributed by atoms with Crippen LogP contribution in [0.5, 0.6) is 0 Å². The van der Waals surface area contributed by atoms with Crippen LogP contribution >= 0.6 is 0 Å². The van der Waals surface area contributed by atoms with Gasteiger partial charge in [0.2, 0.25) is 11.8 Å². The van der Waals surface area contributed by atoms with Crippen LogP contribution in [0.4, 0.5) is 10.1 Å². The van der Waals surface area contributed by atoms with Crippen molar-refractivity contribution in [1.29, 1.82) is 0 Å². The number of aryl methyl sites for hydroxylation is 2. The molecule has 0 aromatic heterocycles. The minimum absolute atomic E-state index is 0.00664. The normalized spacial score (nSPS) is 12.1. The predicted molar refractivity (Wildman–Crippen MR) is 156 cm³/mol. The highest BCUT2D eigenvalue weighted by Crippen LogP contribution is 2.29. The van der Waals surface area contributed by atoms with Gasteiger partial charge in [-0.25, -0.2) is 12.8 Å². The molecule has 1 atom stereocenters. The van der Waals surface area contributed by atoms with Crippen LogP contribution in [-0.4, -0.2) is 44.3 Å². The SMILES string of the molecule is CCCCNC(=O)[C@H](C)N(Cc1ccc(F)cc1)C(=O)CN(c1cccc(C)c1C)S(=O)(=O)c1ccc(C)cc1. The first-order chi connectivity index (χ1) is 18.9. The number of carbonyl (C=O) groups excluding carboxylic acids is 2. The van der Waals surface area contributed by atoms with Crippen molar-refractivity contribution in [1.82, 2.24) is 10.2 Å². The van der Waals surface area contributed by atoms with Gasteiger partial charge in [0.15, 0.2) is 0 Å². The first kappa shape index (κ1) is 30.8. The van der Waals surface area contributed by atoms with E-state index in [0.29, 0.717) is 17.8 Å². The molecule has 9 heteroatoms. The fraction of sp³-hybridized carbons (Fsp3) is 0.355. The number of nitrogens with zero attached hydrogens (tertiary/aromatic N) is 2. The number of benzene rings is 3. The fourth-order valence-electron chi connectivity index (χ4n) is 4.26. The highest BCUT2D eigenvalue weighted by atomic mass is 32.2. The maximum atomic E-state index is 14.0. The van der Waals surface area contributed by atoms with Gasteiger partial charge in [-0.3, -0.25) is 13.9 Å². The van der Waals surface area contributed by atoms with Gasteiger partial charge in [0, 0.05) is 13.1 Å². The van der Waals surface area contributed by atoms with Crippen LogP contribution in [-0.2, 0) is 26.2 Å². The number of hydrogen-bond acceptors (Lipinski definition) is 4. The summed E-state index contributed by atoms with van der Waals surface area (Å²) < 4.78 is 42.6. The van der Waals surface area contributed by atoms with Gasteiger partial charge in [0.05, 0.1) is 10.6 Å². The van der Waals surface area contributed by atoms with Gasteiger partial charge in [-0.05, 0) is 81.1 Å². The molecule has 1 N–H and O–H groups in total. The lowest BCUT2D eigenvalue weighted by atomic mass is 10.1. The molecule has 0 spiro atoms. The predicted octanol–water partition coefficient (Wildman–Crippen LogP) is 5.28. The molecule has 3 aromatic carbocycles. The zero-order chi connectivity index (χ0) is 29.4. The zero-order valence-corrected chi connectivity index (χ0v) is 24.6. The molecule has 0 saturated carbocycles. The third-order valence-corrected chi connectivity index (χ3v) is 8.77. The Labute approximate surface area is 237 Å². The number of unbranched alkanes of at least 4 members (excludes halogenated alkanes) is 1. The van der Waals surface area contributed by atoms with Crippen LogP contribution in [0.25, 0.3) is 0 Å². The Hall–Kier alpha value is -3.72. The molecule has 2 amide bonds. The molecule has 0 aliphatic heterocycles. The summed E-state index contributed by atoms with van der Waals surface area (Å²) in [6.07, 6.45) is 1.69. The maximum absolute atomic E-state index is 14.0. The van der Waals surface area contributed by atoms with E-state index >= 15 is 0 Å². The second-order valence-electron chi connectivity index (χ2n) is 10.0. The van der Waals surface area contributed by atoms with Crippen molar-refractivity contribution in [2.45, 2.75) is 64.9 Å². The molecule has 0 radical (unpaired) electrons. The molecule has 0 heterocycles. The quantitative estimate of drug-likeness (QED) is 0.302. The van der Waals surface area contributed by atoms with E-state index in [9.17, 15) is 22.4 Å². The molecule has 40 heavy (non-hydrogen) atoms. The number of nitrogens with one attached hydrogen (secondary N) is 1. The van der Waals surface area contributed by atoms with Crippen molar-refractivity contribution in [2.75, 3.05) is 17.4 Å². The molecule has 0 bridgehead atoms. The minimum atomic E-state index is -4.15. The van der Waals surface area contributed by atoms with E-state index in [4.69, 9.17) is 0 Å². The van der Waals surface area contributed by atoms with Gasteiger partial charge >= 0.3 is 0 Å². The standard InChI is InChI=1S/C31H38FN3O4S/c1-6-7-19-33-31(37)25(5)34(20-26-13-15-27(32)16-14-26)30(36)21-35(29-10-8-9-23(3)24(29)4)40(38,39)28-17-11-22(2)12-18-28/h8-18,25H,6-7,19-21H2,1-5H3,(H,33,37)/t25-/m0/s1. The summed E-state index contributed by atoms with van der Waals surface area (Å²) in [7, 11) is -4.15. The van der Waals surface area contributed by atoms with Crippen molar-refractivity contribution >= 4 is 27.5 Å². The number of rotatable bonds is 12. The summed E-state index contributed by atoms with van der Waals surface area (Å²) in [6.45, 7) is 9.13. The summed E-state index contributed by atoms with van der Waals surface area (Å²) in [5.74, 6) is -1.32. The lowest BCUT2D eigenvalue weighted by Gasteiger charge is -2.32. The Bertz CT molecular complexity index is 1420. The Morgan fingerprint density at radius 3 is 2.23 bits per heavy atom. The van der Waals surface area contributed by atoms with E-state index in [1.807, 2.05) is 33.8 Å². The van der Waals surface area contributed by atoms with E-state index in [2.05, 4.69) is 5.32 Å². The highest BCUT2D eigenvalue weighted by Gasteiger charge is 2.33. The molecule has 3 rings (SSSR count). The van der Waals surface area contributed by atoms with Gasteiger partial charge in [-0.1, -0.05) is 55.3 Å².